The third-order valence-electron chi connectivity index (χ3n) is 3.40. The number of hydrogen-bond donors (Lipinski definition) is 1. The van der Waals surface area contributed by atoms with Gasteiger partial charge in [0.25, 0.3) is 0 Å². The van der Waals surface area contributed by atoms with E-state index in [0.29, 0.717) is 13.0 Å². The number of amides is 1. The molecule has 0 spiro atoms. The van der Waals surface area contributed by atoms with E-state index in [2.05, 4.69) is 10.1 Å². The van der Waals surface area contributed by atoms with Crippen molar-refractivity contribution >= 4 is 12.4 Å². The van der Waals surface area contributed by atoms with Crippen molar-refractivity contribution in [3.05, 3.63) is 65.7 Å². The summed E-state index contributed by atoms with van der Waals surface area (Å²) in [7, 11) is 1.32. The van der Waals surface area contributed by atoms with Crippen molar-refractivity contribution in [2.45, 2.75) is 19.1 Å². The summed E-state index contributed by atoms with van der Waals surface area (Å²) in [5.41, 5.74) is 1.90. The Kier molecular flexibility index (Phi) is 6.17. The molecule has 0 aliphatic carbocycles. The largest absolute Gasteiger partial charge is 0.489 e. The lowest BCUT2D eigenvalue weighted by Crippen LogP contribution is -2.23. The first-order chi connectivity index (χ1) is 11.2. The molecule has 5 heteroatoms. The predicted octanol–water partition coefficient (Wildman–Crippen LogP) is 2.62. The van der Waals surface area contributed by atoms with Crippen LogP contribution in [0.4, 0.5) is 0 Å². The molecule has 0 aliphatic heterocycles. The Morgan fingerprint density at radius 3 is 2.43 bits per heavy atom. The molecule has 0 heterocycles. The minimum atomic E-state index is -0.414. The van der Waals surface area contributed by atoms with Crippen LogP contribution in [-0.2, 0) is 20.9 Å². The van der Waals surface area contributed by atoms with E-state index in [-0.39, 0.29) is 12.4 Å². The van der Waals surface area contributed by atoms with E-state index in [1.165, 1.54) is 7.11 Å². The molecule has 0 aromatic heterocycles. The van der Waals surface area contributed by atoms with E-state index in [1.807, 2.05) is 54.6 Å². The molecule has 5 nitrogen and oxygen atoms in total. The van der Waals surface area contributed by atoms with Crippen molar-refractivity contribution in [3.8, 4) is 5.75 Å². The fourth-order valence-corrected chi connectivity index (χ4v) is 2.14. The second-order valence-electron chi connectivity index (χ2n) is 4.96. The summed E-state index contributed by atoms with van der Waals surface area (Å²) in [5.74, 6) is 0.342. The van der Waals surface area contributed by atoms with Gasteiger partial charge in [0.15, 0.2) is 0 Å². The molecular weight excluding hydrogens is 294 g/mol. The minimum Gasteiger partial charge on any atom is -0.489 e. The molecular formula is C18H19NO4. The highest BCUT2D eigenvalue weighted by Gasteiger charge is 2.15. The van der Waals surface area contributed by atoms with Crippen molar-refractivity contribution in [1.29, 1.82) is 0 Å². The SMILES string of the molecule is COC(=O)CC(NC=O)c1ccc(OCc2ccccc2)cc1. The summed E-state index contributed by atoms with van der Waals surface area (Å²) in [6.07, 6.45) is 0.660. The summed E-state index contributed by atoms with van der Waals surface area (Å²) in [5, 5.41) is 2.62. The first-order valence-electron chi connectivity index (χ1n) is 7.26. The highest BCUT2D eigenvalue weighted by Crippen LogP contribution is 2.21. The Hall–Kier alpha value is -2.82. The molecule has 120 valence electrons. The fraction of sp³-hybridized carbons (Fsp3) is 0.222. The van der Waals surface area contributed by atoms with Gasteiger partial charge in [-0.2, -0.15) is 0 Å². The van der Waals surface area contributed by atoms with E-state index in [0.717, 1.165) is 16.9 Å². The average molecular weight is 313 g/mol. The summed E-state index contributed by atoms with van der Waals surface area (Å²) >= 11 is 0. The lowest BCUT2D eigenvalue weighted by molar-refractivity contribution is -0.141. The maximum absolute atomic E-state index is 11.4. The van der Waals surface area contributed by atoms with Gasteiger partial charge in [-0.25, -0.2) is 0 Å². The average Bonchev–Trinajstić information content (AvgIpc) is 2.61. The zero-order chi connectivity index (χ0) is 16.5. The zero-order valence-electron chi connectivity index (χ0n) is 12.9. The second kappa shape index (κ2) is 8.58. The van der Waals surface area contributed by atoms with Crippen LogP contribution >= 0.6 is 0 Å². The zero-order valence-corrected chi connectivity index (χ0v) is 12.9. The van der Waals surface area contributed by atoms with Crippen LogP contribution in [0.15, 0.2) is 54.6 Å². The van der Waals surface area contributed by atoms with Crippen molar-refractivity contribution in [3.63, 3.8) is 0 Å². The van der Waals surface area contributed by atoms with Crippen molar-refractivity contribution in [2.75, 3.05) is 7.11 Å². The van der Waals surface area contributed by atoms with Crippen LogP contribution in [0, 0.1) is 0 Å². The molecule has 0 aliphatic rings. The van der Waals surface area contributed by atoms with Crippen molar-refractivity contribution in [2.24, 2.45) is 0 Å². The minimum absolute atomic E-state index is 0.0828. The van der Waals surface area contributed by atoms with Gasteiger partial charge in [0.2, 0.25) is 6.41 Å². The van der Waals surface area contributed by atoms with E-state index < -0.39 is 6.04 Å². The molecule has 1 unspecified atom stereocenters. The van der Waals surface area contributed by atoms with Gasteiger partial charge < -0.3 is 14.8 Å². The number of carbonyl (C=O) groups is 2. The third-order valence-corrected chi connectivity index (χ3v) is 3.40. The Labute approximate surface area is 135 Å². The number of nitrogens with one attached hydrogen (secondary N) is 1. The third kappa shape index (κ3) is 5.14. The first kappa shape index (κ1) is 16.5. The fourth-order valence-electron chi connectivity index (χ4n) is 2.14. The van der Waals surface area contributed by atoms with Crippen LogP contribution in [0.25, 0.3) is 0 Å². The molecule has 23 heavy (non-hydrogen) atoms. The molecule has 0 bridgehead atoms. The van der Waals surface area contributed by atoms with Gasteiger partial charge in [-0.15, -0.1) is 0 Å². The predicted molar refractivity (Wildman–Crippen MR) is 85.8 cm³/mol. The van der Waals surface area contributed by atoms with Crippen LogP contribution in [0.5, 0.6) is 5.75 Å². The number of rotatable bonds is 8. The summed E-state index contributed by atoms with van der Waals surface area (Å²) < 4.78 is 10.3. The molecule has 2 aromatic carbocycles. The maximum atomic E-state index is 11.4. The van der Waals surface area contributed by atoms with Gasteiger partial charge in [-0.1, -0.05) is 42.5 Å². The lowest BCUT2D eigenvalue weighted by atomic mass is 10.0. The van der Waals surface area contributed by atoms with Gasteiger partial charge in [-0.3, -0.25) is 9.59 Å². The molecule has 1 N–H and O–H groups in total. The van der Waals surface area contributed by atoms with E-state index in [4.69, 9.17) is 4.74 Å². The van der Waals surface area contributed by atoms with Crippen LogP contribution in [0.3, 0.4) is 0 Å². The monoisotopic (exact) mass is 313 g/mol. The van der Waals surface area contributed by atoms with E-state index in [1.54, 1.807) is 0 Å². The first-order valence-corrected chi connectivity index (χ1v) is 7.26. The van der Waals surface area contributed by atoms with Crippen LogP contribution in [-0.4, -0.2) is 19.5 Å². The van der Waals surface area contributed by atoms with Gasteiger partial charge in [-0.05, 0) is 23.3 Å². The van der Waals surface area contributed by atoms with E-state index >= 15 is 0 Å². The van der Waals surface area contributed by atoms with Crippen molar-refractivity contribution < 1.29 is 19.1 Å². The topological polar surface area (TPSA) is 64.6 Å². The Morgan fingerprint density at radius 2 is 1.83 bits per heavy atom. The number of carbonyl (C=O) groups excluding carboxylic acids is 2. The molecule has 0 fully saturated rings. The van der Waals surface area contributed by atoms with Crippen LogP contribution < -0.4 is 10.1 Å². The van der Waals surface area contributed by atoms with Gasteiger partial charge in [0.1, 0.15) is 12.4 Å². The molecule has 0 saturated carbocycles. The standard InChI is InChI=1S/C18H19NO4/c1-22-18(21)11-17(19-13-20)15-7-9-16(10-8-15)23-12-14-5-3-2-4-6-14/h2-10,13,17H,11-12H2,1H3,(H,19,20). The number of methoxy groups -OCH3 is 1. The Balaban J connectivity index is 1.99. The Morgan fingerprint density at radius 1 is 1.13 bits per heavy atom. The molecule has 1 atom stereocenters. The normalized spacial score (nSPS) is 11.3. The summed E-state index contributed by atoms with van der Waals surface area (Å²) in [6.45, 7) is 0.484. The molecule has 2 rings (SSSR count). The van der Waals surface area contributed by atoms with Gasteiger partial charge >= 0.3 is 5.97 Å². The molecule has 2 aromatic rings. The number of ether oxygens (including phenoxy) is 2. The van der Waals surface area contributed by atoms with Gasteiger partial charge in [0.05, 0.1) is 19.6 Å². The Bertz CT molecular complexity index is 625. The summed E-state index contributed by atoms with van der Waals surface area (Å²) in [6, 6.07) is 16.7. The second-order valence-corrected chi connectivity index (χ2v) is 4.96. The molecule has 0 radical (unpaired) electrons. The number of hydrogen-bond acceptors (Lipinski definition) is 4. The van der Waals surface area contributed by atoms with E-state index in [9.17, 15) is 9.59 Å². The highest BCUT2D eigenvalue weighted by molar-refractivity contribution is 5.70. The molecule has 0 saturated heterocycles. The van der Waals surface area contributed by atoms with Crippen LogP contribution in [0.1, 0.15) is 23.6 Å². The maximum Gasteiger partial charge on any atom is 0.307 e. The molecule has 1 amide bonds. The number of benzene rings is 2. The van der Waals surface area contributed by atoms with Crippen molar-refractivity contribution in [1.82, 2.24) is 5.32 Å². The highest BCUT2D eigenvalue weighted by atomic mass is 16.5. The summed E-state index contributed by atoms with van der Waals surface area (Å²) in [4.78, 5) is 22.1. The van der Waals surface area contributed by atoms with Gasteiger partial charge in [0, 0.05) is 0 Å². The quantitative estimate of drug-likeness (QED) is 0.601. The lowest BCUT2D eigenvalue weighted by Gasteiger charge is -2.16. The smallest absolute Gasteiger partial charge is 0.307 e. The van der Waals surface area contributed by atoms with Crippen LogP contribution in [0.2, 0.25) is 0 Å². The number of esters is 1.